The molecule has 184 valence electrons. The van der Waals surface area contributed by atoms with Gasteiger partial charge in [0.15, 0.2) is 0 Å². The van der Waals surface area contributed by atoms with Gasteiger partial charge in [0, 0.05) is 36.9 Å². The van der Waals surface area contributed by atoms with Gasteiger partial charge in [0.05, 0.1) is 13.8 Å². The first-order valence-electron chi connectivity index (χ1n) is 13.2. The lowest BCUT2D eigenvalue weighted by molar-refractivity contribution is 1.30. The quantitative estimate of drug-likeness (QED) is 0.207. The monoisotopic (exact) mass is 523 g/mol. The van der Waals surface area contributed by atoms with Crippen LogP contribution in [-0.2, 0) is 0 Å². The van der Waals surface area contributed by atoms with Crippen LogP contribution in [0.25, 0.3) is 41.7 Å². The Morgan fingerprint density at radius 2 is 1.18 bits per heavy atom. The van der Waals surface area contributed by atoms with Crippen molar-refractivity contribution < 1.29 is 0 Å². The van der Waals surface area contributed by atoms with E-state index >= 15 is 0 Å². The van der Waals surface area contributed by atoms with E-state index in [1.165, 1.54) is 64.0 Å². The number of hydrogen-bond acceptors (Lipinski definition) is 2. The van der Waals surface area contributed by atoms with Crippen molar-refractivity contribution in [2.45, 2.75) is 19.6 Å². The van der Waals surface area contributed by atoms with Crippen molar-refractivity contribution in [2.24, 2.45) is 0 Å². The van der Waals surface area contributed by atoms with Crippen LogP contribution in [-0.4, -0.2) is 8.07 Å². The zero-order valence-corrected chi connectivity index (χ0v) is 23.7. The van der Waals surface area contributed by atoms with Crippen molar-refractivity contribution in [3.63, 3.8) is 0 Å². The molecule has 0 saturated heterocycles. The van der Waals surface area contributed by atoms with Crippen molar-refractivity contribution >= 4 is 83.4 Å². The molecule has 7 aromatic rings. The molecule has 0 unspecified atom stereocenters. The van der Waals surface area contributed by atoms with E-state index in [-0.39, 0.29) is 0 Å². The number of nitrogens with zero attached hydrogens (tertiary/aromatic N) is 1. The minimum Gasteiger partial charge on any atom is -0.310 e. The third-order valence-corrected chi connectivity index (χ3v) is 10.8. The largest absolute Gasteiger partial charge is 0.310 e. The summed E-state index contributed by atoms with van der Waals surface area (Å²) in [6.07, 6.45) is 0. The fraction of sp³-hybridized carbons (Fsp3) is 0.0857. The molecule has 0 saturated carbocycles. The molecule has 0 fully saturated rings. The van der Waals surface area contributed by atoms with Crippen LogP contribution < -0.4 is 10.1 Å². The van der Waals surface area contributed by atoms with Gasteiger partial charge >= 0.3 is 0 Å². The smallest absolute Gasteiger partial charge is 0.0775 e. The average Bonchev–Trinajstić information content (AvgIpc) is 3.33. The van der Waals surface area contributed by atoms with E-state index in [1.807, 2.05) is 11.3 Å². The molecule has 0 atom stereocenters. The summed E-state index contributed by atoms with van der Waals surface area (Å²) in [5, 5.41) is 9.38. The summed E-state index contributed by atoms with van der Waals surface area (Å²) in [6.45, 7) is 7.22. The molecule has 7 rings (SSSR count). The van der Waals surface area contributed by atoms with Gasteiger partial charge in [0.25, 0.3) is 0 Å². The molecule has 0 amide bonds. The van der Waals surface area contributed by atoms with Crippen LogP contribution in [0.15, 0.2) is 121 Å². The summed E-state index contributed by atoms with van der Waals surface area (Å²) in [5.74, 6) is 0. The predicted octanol–water partition coefficient (Wildman–Crippen LogP) is 10.4. The van der Waals surface area contributed by atoms with Crippen molar-refractivity contribution in [2.75, 3.05) is 4.90 Å². The second kappa shape index (κ2) is 8.83. The molecule has 0 spiro atoms. The Kier molecular flexibility index (Phi) is 5.39. The number of fused-ring (bicyclic) bond motifs is 7. The molecule has 1 heterocycles. The third kappa shape index (κ3) is 3.73. The van der Waals surface area contributed by atoms with Gasteiger partial charge in [-0.1, -0.05) is 116 Å². The minimum atomic E-state index is -1.39. The molecule has 0 aliphatic rings. The average molecular weight is 524 g/mol. The third-order valence-electron chi connectivity index (χ3n) is 7.59. The molecule has 38 heavy (non-hydrogen) atoms. The number of hydrogen-bond donors (Lipinski definition) is 0. The van der Waals surface area contributed by atoms with E-state index in [0.29, 0.717) is 0 Å². The van der Waals surface area contributed by atoms with Crippen LogP contribution in [0, 0.1) is 0 Å². The first kappa shape index (κ1) is 23.2. The maximum atomic E-state index is 2.43. The zero-order valence-electron chi connectivity index (χ0n) is 21.9. The molecule has 0 radical (unpaired) electrons. The Bertz CT molecular complexity index is 1950. The lowest BCUT2D eigenvalue weighted by atomic mass is 9.99. The maximum Gasteiger partial charge on any atom is 0.0775 e. The lowest BCUT2D eigenvalue weighted by Crippen LogP contribution is -2.37. The van der Waals surface area contributed by atoms with Crippen LogP contribution in [0.3, 0.4) is 0 Å². The molecule has 0 N–H and O–H groups in total. The second-order valence-corrected chi connectivity index (χ2v) is 17.2. The maximum absolute atomic E-state index is 2.43. The van der Waals surface area contributed by atoms with E-state index in [2.05, 4.69) is 146 Å². The van der Waals surface area contributed by atoms with E-state index in [1.54, 1.807) is 0 Å². The Balaban J connectivity index is 1.55. The molecule has 6 aromatic carbocycles. The SMILES string of the molecule is C[Si](C)(C)c1ccc(N(c2ccccc2)c2cc3sc4c5ccccc5ccc4c3c3ccccc23)cc1. The van der Waals surface area contributed by atoms with Gasteiger partial charge in [-0.25, -0.2) is 0 Å². The van der Waals surface area contributed by atoms with Crippen molar-refractivity contribution in [1.82, 2.24) is 0 Å². The first-order valence-corrected chi connectivity index (χ1v) is 17.5. The number of para-hydroxylation sites is 1. The van der Waals surface area contributed by atoms with Gasteiger partial charge in [-0.15, -0.1) is 11.3 Å². The minimum absolute atomic E-state index is 1.17. The summed E-state index contributed by atoms with van der Waals surface area (Å²) < 4.78 is 2.69. The number of rotatable bonds is 4. The Morgan fingerprint density at radius 1 is 0.553 bits per heavy atom. The number of thiophene rings is 1. The van der Waals surface area contributed by atoms with Gasteiger partial charge in [-0.05, 0) is 46.5 Å². The highest BCUT2D eigenvalue weighted by Crippen LogP contribution is 2.47. The summed E-state index contributed by atoms with van der Waals surface area (Å²) in [4.78, 5) is 2.43. The highest BCUT2D eigenvalue weighted by atomic mass is 32.1. The van der Waals surface area contributed by atoms with Gasteiger partial charge in [0.1, 0.15) is 0 Å². The summed E-state index contributed by atoms with van der Waals surface area (Å²) in [5.41, 5.74) is 3.58. The van der Waals surface area contributed by atoms with Gasteiger partial charge < -0.3 is 4.90 Å². The molecule has 3 heteroatoms. The lowest BCUT2D eigenvalue weighted by Gasteiger charge is -2.28. The summed E-state index contributed by atoms with van der Waals surface area (Å²) in [6, 6.07) is 44.7. The van der Waals surface area contributed by atoms with Crippen molar-refractivity contribution in [1.29, 1.82) is 0 Å². The first-order chi connectivity index (χ1) is 18.5. The Hall–Kier alpha value is -3.92. The molecule has 1 aromatic heterocycles. The molecular formula is C35H29NSSi. The topological polar surface area (TPSA) is 3.24 Å². The summed E-state index contributed by atoms with van der Waals surface area (Å²) in [7, 11) is -1.39. The standard InChI is InChI=1S/C35H29NSSi/c1-38(2,3)27-20-18-26(19-21-27)36(25-12-5-4-6-13-25)32-23-33-34(30-16-10-9-15-29(30)32)31-22-17-24-11-7-8-14-28(24)35(31)37-33/h4-23H,1-3H3. The second-order valence-electron chi connectivity index (χ2n) is 11.0. The van der Waals surface area contributed by atoms with Gasteiger partial charge in [-0.3, -0.25) is 0 Å². The van der Waals surface area contributed by atoms with E-state index in [4.69, 9.17) is 0 Å². The molecular weight excluding hydrogens is 495 g/mol. The number of benzene rings is 6. The van der Waals surface area contributed by atoms with Crippen molar-refractivity contribution in [3.05, 3.63) is 121 Å². The normalized spacial score (nSPS) is 12.1. The van der Waals surface area contributed by atoms with Gasteiger partial charge in [0.2, 0.25) is 0 Å². The Labute approximate surface area is 228 Å². The molecule has 0 aliphatic carbocycles. The van der Waals surface area contributed by atoms with Crippen LogP contribution in [0.5, 0.6) is 0 Å². The van der Waals surface area contributed by atoms with Crippen LogP contribution in [0.1, 0.15) is 0 Å². The van der Waals surface area contributed by atoms with Crippen LogP contribution >= 0.6 is 11.3 Å². The summed E-state index contributed by atoms with van der Waals surface area (Å²) >= 11 is 1.91. The Morgan fingerprint density at radius 3 is 1.92 bits per heavy atom. The van der Waals surface area contributed by atoms with Gasteiger partial charge in [-0.2, -0.15) is 0 Å². The molecule has 0 bridgehead atoms. The highest BCUT2D eigenvalue weighted by molar-refractivity contribution is 7.27. The fourth-order valence-electron chi connectivity index (χ4n) is 5.65. The predicted molar refractivity (Wildman–Crippen MR) is 172 cm³/mol. The molecule has 1 nitrogen and oxygen atoms in total. The van der Waals surface area contributed by atoms with Crippen LogP contribution in [0.4, 0.5) is 17.1 Å². The zero-order chi connectivity index (χ0) is 25.9. The van der Waals surface area contributed by atoms with E-state index in [9.17, 15) is 0 Å². The van der Waals surface area contributed by atoms with Crippen LogP contribution in [0.2, 0.25) is 19.6 Å². The van der Waals surface area contributed by atoms with E-state index in [0.717, 1.165) is 0 Å². The highest BCUT2D eigenvalue weighted by Gasteiger charge is 2.21. The van der Waals surface area contributed by atoms with E-state index < -0.39 is 8.07 Å². The molecule has 0 aliphatic heterocycles. The fourth-order valence-corrected chi connectivity index (χ4v) is 8.10. The van der Waals surface area contributed by atoms with Crippen molar-refractivity contribution in [3.8, 4) is 0 Å². The number of anilines is 3.